The second-order valence-corrected chi connectivity index (χ2v) is 11.2. The maximum absolute atomic E-state index is 12.8. The molecule has 0 radical (unpaired) electrons. The molecule has 43 heavy (non-hydrogen) atoms. The van der Waals surface area contributed by atoms with E-state index in [9.17, 15) is 14.4 Å². The number of nitrogens with one attached hydrogen (secondary N) is 1. The lowest BCUT2D eigenvalue weighted by atomic mass is 9.95. The van der Waals surface area contributed by atoms with E-state index in [-0.39, 0.29) is 43.4 Å². The fraction of sp³-hybridized carbons (Fsp3) is 0.625. The number of aryl methyl sites for hydroxylation is 1. The van der Waals surface area contributed by atoms with Crippen LogP contribution in [-0.4, -0.2) is 74.3 Å². The maximum atomic E-state index is 12.8. The Morgan fingerprint density at radius 1 is 1.16 bits per heavy atom. The molecule has 1 aromatic heterocycles. The van der Waals surface area contributed by atoms with Gasteiger partial charge in [-0.2, -0.15) is 0 Å². The summed E-state index contributed by atoms with van der Waals surface area (Å²) in [5, 5.41) is 2.53. The number of cyclic esters (lactones) is 1. The van der Waals surface area contributed by atoms with Gasteiger partial charge >= 0.3 is 18.0 Å². The van der Waals surface area contributed by atoms with Crippen LogP contribution in [-0.2, 0) is 39.7 Å². The number of amides is 1. The Labute approximate surface area is 254 Å². The van der Waals surface area contributed by atoms with Crippen molar-refractivity contribution >= 4 is 24.1 Å². The summed E-state index contributed by atoms with van der Waals surface area (Å²) >= 11 is 0. The van der Waals surface area contributed by atoms with Crippen LogP contribution in [0.3, 0.4) is 0 Å². The number of esters is 2. The number of allylic oxidation sites excluding steroid dienone is 1. The smallest absolute Gasteiger partial charge is 0.407 e. The molecule has 0 unspecified atom stereocenters. The van der Waals surface area contributed by atoms with Crippen molar-refractivity contribution in [1.82, 2.24) is 10.3 Å². The van der Waals surface area contributed by atoms with Crippen LogP contribution < -0.4 is 5.32 Å². The fourth-order valence-corrected chi connectivity index (χ4v) is 5.29. The third-order valence-corrected chi connectivity index (χ3v) is 7.37. The lowest BCUT2D eigenvalue weighted by Gasteiger charge is -2.34. The molecule has 0 saturated carbocycles. The topological polar surface area (TPSA) is 135 Å². The van der Waals surface area contributed by atoms with Crippen LogP contribution in [0.5, 0.6) is 0 Å². The van der Waals surface area contributed by atoms with Crippen LogP contribution in [0, 0.1) is 0 Å². The first kappa shape index (κ1) is 34.1. The summed E-state index contributed by atoms with van der Waals surface area (Å²) in [5.41, 5.74) is 2.72. The van der Waals surface area contributed by atoms with Crippen molar-refractivity contribution in [3.05, 3.63) is 47.2 Å². The fourth-order valence-electron chi connectivity index (χ4n) is 5.29. The highest BCUT2D eigenvalue weighted by molar-refractivity contribution is 5.82. The average Bonchev–Trinajstić information content (AvgIpc) is 3.40. The normalized spacial score (nSPS) is 26.4. The summed E-state index contributed by atoms with van der Waals surface area (Å²) in [7, 11) is 2.98. The molecule has 1 saturated heterocycles. The highest BCUT2D eigenvalue weighted by atomic mass is 16.6. The molecule has 3 heterocycles. The van der Waals surface area contributed by atoms with Gasteiger partial charge in [0.2, 0.25) is 5.89 Å². The lowest BCUT2D eigenvalue weighted by Crippen LogP contribution is -2.39. The van der Waals surface area contributed by atoms with E-state index in [1.54, 1.807) is 25.5 Å². The van der Waals surface area contributed by atoms with Gasteiger partial charge in [-0.15, -0.1) is 0 Å². The number of hydrogen-bond donors (Lipinski definition) is 1. The molecule has 1 N–H and O–H groups in total. The van der Waals surface area contributed by atoms with Gasteiger partial charge in [-0.25, -0.2) is 14.6 Å². The number of ether oxygens (including phenoxy) is 5. The zero-order valence-electron chi connectivity index (χ0n) is 26.0. The van der Waals surface area contributed by atoms with Gasteiger partial charge < -0.3 is 33.4 Å². The number of methoxy groups -OCH3 is 2. The van der Waals surface area contributed by atoms with Crippen molar-refractivity contribution in [2.45, 2.75) is 109 Å². The quantitative estimate of drug-likeness (QED) is 0.155. The summed E-state index contributed by atoms with van der Waals surface area (Å²) in [6, 6.07) is 0. The molecule has 11 nitrogen and oxygen atoms in total. The second kappa shape index (κ2) is 17.6. The monoisotopic (exact) mass is 602 g/mol. The minimum absolute atomic E-state index is 0.0585. The minimum Gasteiger partial charge on any atom is -0.462 e. The summed E-state index contributed by atoms with van der Waals surface area (Å²) < 4.78 is 33.5. The van der Waals surface area contributed by atoms with Crippen LogP contribution in [0.2, 0.25) is 0 Å². The largest absolute Gasteiger partial charge is 0.462 e. The van der Waals surface area contributed by atoms with Gasteiger partial charge in [0.05, 0.1) is 37.5 Å². The van der Waals surface area contributed by atoms with Gasteiger partial charge in [-0.3, -0.25) is 4.79 Å². The number of carbonyl (C=O) groups excluding carboxylic acids is 3. The first-order valence-corrected chi connectivity index (χ1v) is 15.0. The van der Waals surface area contributed by atoms with Crippen molar-refractivity contribution < 1.29 is 42.5 Å². The molecule has 1 fully saturated rings. The highest BCUT2D eigenvalue weighted by Gasteiger charge is 2.34. The van der Waals surface area contributed by atoms with Gasteiger partial charge in [0.25, 0.3) is 0 Å². The Balaban J connectivity index is 1.56. The van der Waals surface area contributed by atoms with Crippen LogP contribution in [0.1, 0.15) is 83.7 Å². The molecule has 0 aromatic carbocycles. The highest BCUT2D eigenvalue weighted by Crippen LogP contribution is 2.29. The van der Waals surface area contributed by atoms with Gasteiger partial charge in [0.1, 0.15) is 18.5 Å². The molecule has 5 atom stereocenters. The number of oxazole rings is 1. The predicted molar refractivity (Wildman–Crippen MR) is 159 cm³/mol. The van der Waals surface area contributed by atoms with Crippen molar-refractivity contribution in [3.8, 4) is 0 Å². The summed E-state index contributed by atoms with van der Waals surface area (Å²) in [5.74, 6) is -0.301. The molecular weight excluding hydrogens is 556 g/mol. The number of nitrogens with zero attached hydrogens (tertiary/aromatic N) is 1. The SMILES string of the molecule is CCC[C@H]1C[C@@H](OC)C/C(C)=C\[C@@H]2C[C@@H](OC(=O)/C=C(/C)CCc3coc(/C=C\CNC(=O)OC)n3)C[C@H](CC(=O)O1)O2. The number of aromatic nitrogens is 1. The van der Waals surface area contributed by atoms with Gasteiger partial charge in [0.15, 0.2) is 0 Å². The standard InChI is InChI=1S/C32H46N2O9/c1-6-8-24-16-25(38-4)13-22(3)14-26-17-27(18-28(41-26)19-31(36)42-24)43-30(35)15-21(2)10-11-23-20-40-29(34-23)9-7-12-33-32(37)39-5/h7,9,14-15,20,24-28H,6,8,10-13,16-19H2,1-5H3,(H,33,37)/b9-7-,21-15-,22-14-/t24-,25-,26+,27+,28+/m0/s1. The molecule has 0 aliphatic carbocycles. The predicted octanol–water partition coefficient (Wildman–Crippen LogP) is 5.24. The van der Waals surface area contributed by atoms with E-state index >= 15 is 0 Å². The molecule has 1 aromatic rings. The first-order valence-electron chi connectivity index (χ1n) is 15.0. The third kappa shape index (κ3) is 12.4. The third-order valence-electron chi connectivity index (χ3n) is 7.37. The molecule has 2 bridgehead atoms. The molecule has 0 spiro atoms. The van der Waals surface area contributed by atoms with Gasteiger partial charge in [-0.1, -0.05) is 36.6 Å². The lowest BCUT2D eigenvalue weighted by molar-refractivity contribution is -0.163. The molecule has 11 heteroatoms. The van der Waals surface area contributed by atoms with E-state index in [1.165, 1.54) is 13.2 Å². The molecule has 1 amide bonds. The van der Waals surface area contributed by atoms with Gasteiger partial charge in [0, 0.05) is 39.0 Å². The van der Waals surface area contributed by atoms with Gasteiger partial charge in [-0.05, 0) is 45.6 Å². The summed E-state index contributed by atoms with van der Waals surface area (Å²) in [6.07, 6.45) is 12.0. The van der Waals surface area contributed by atoms with Crippen LogP contribution >= 0.6 is 0 Å². The van der Waals surface area contributed by atoms with Crippen LogP contribution in [0.4, 0.5) is 4.79 Å². The Morgan fingerprint density at radius 3 is 2.72 bits per heavy atom. The Morgan fingerprint density at radius 2 is 1.98 bits per heavy atom. The van der Waals surface area contributed by atoms with Crippen molar-refractivity contribution in [1.29, 1.82) is 0 Å². The Bertz CT molecular complexity index is 1160. The Kier molecular flexibility index (Phi) is 14.0. The van der Waals surface area contributed by atoms with E-state index in [0.717, 1.165) is 29.7 Å². The number of rotatable bonds is 11. The second-order valence-electron chi connectivity index (χ2n) is 11.2. The van der Waals surface area contributed by atoms with Crippen LogP contribution in [0.25, 0.3) is 6.08 Å². The van der Waals surface area contributed by atoms with E-state index in [1.807, 2.05) is 6.92 Å². The Hall–Kier alpha value is -3.44. The first-order chi connectivity index (χ1) is 20.7. The summed E-state index contributed by atoms with van der Waals surface area (Å²) in [6.45, 7) is 6.28. The summed E-state index contributed by atoms with van der Waals surface area (Å²) in [4.78, 5) is 41.1. The maximum Gasteiger partial charge on any atom is 0.407 e. The molecular formula is C32H46N2O9. The number of fused-ring (bicyclic) bond motifs is 2. The minimum atomic E-state index is -0.515. The zero-order valence-corrected chi connectivity index (χ0v) is 26.0. The van der Waals surface area contributed by atoms with E-state index in [2.05, 4.69) is 35.0 Å². The average molecular weight is 603 g/mol. The van der Waals surface area contributed by atoms with Crippen LogP contribution in [0.15, 0.2) is 40.1 Å². The van der Waals surface area contributed by atoms with Crippen molar-refractivity contribution in [3.63, 3.8) is 0 Å². The molecule has 2 aliphatic heterocycles. The van der Waals surface area contributed by atoms with E-state index in [0.29, 0.717) is 44.4 Å². The van der Waals surface area contributed by atoms with Crippen molar-refractivity contribution in [2.24, 2.45) is 0 Å². The molecule has 238 valence electrons. The van der Waals surface area contributed by atoms with Crippen molar-refractivity contribution in [2.75, 3.05) is 20.8 Å². The number of carbonyl (C=O) groups is 3. The molecule has 2 aliphatic rings. The zero-order chi connectivity index (χ0) is 31.2. The van der Waals surface area contributed by atoms with E-state index in [4.69, 9.17) is 23.4 Å². The number of alkyl carbamates (subject to hydrolysis) is 1. The van der Waals surface area contributed by atoms with E-state index < -0.39 is 18.2 Å². The number of hydrogen-bond acceptors (Lipinski definition) is 10. The molecule has 3 rings (SSSR count).